The van der Waals surface area contributed by atoms with E-state index < -0.39 is 0 Å². The SMILES string of the molecule is Cc1cc(Cl)ccc1Nc1cc(=S)[nH]cc1C(=O)N1CCC(c2ccc(F)cc2)CC1. The number of rotatable bonds is 4. The molecule has 4 rings (SSSR count). The molecule has 3 aromatic rings. The molecule has 2 aromatic carbocycles. The monoisotopic (exact) mass is 455 g/mol. The number of piperidine rings is 1. The summed E-state index contributed by atoms with van der Waals surface area (Å²) in [5.41, 5.74) is 4.18. The van der Waals surface area contributed by atoms with E-state index in [1.54, 1.807) is 12.3 Å². The fourth-order valence-corrected chi connectivity index (χ4v) is 4.39. The average molecular weight is 456 g/mol. The molecule has 0 spiro atoms. The number of hydrogen-bond acceptors (Lipinski definition) is 3. The summed E-state index contributed by atoms with van der Waals surface area (Å²) < 4.78 is 13.7. The van der Waals surface area contributed by atoms with Gasteiger partial charge >= 0.3 is 0 Å². The molecule has 31 heavy (non-hydrogen) atoms. The molecule has 160 valence electrons. The first-order valence-electron chi connectivity index (χ1n) is 10.2. The third-order valence-corrected chi connectivity index (χ3v) is 6.21. The number of halogens is 2. The molecule has 0 bridgehead atoms. The Morgan fingerprint density at radius 3 is 2.52 bits per heavy atom. The lowest BCUT2D eigenvalue weighted by atomic mass is 9.89. The van der Waals surface area contributed by atoms with Crippen molar-refractivity contribution in [2.75, 3.05) is 18.4 Å². The minimum absolute atomic E-state index is 0.0436. The minimum atomic E-state index is -0.228. The summed E-state index contributed by atoms with van der Waals surface area (Å²) in [6.07, 6.45) is 3.36. The maximum absolute atomic E-state index is 13.3. The van der Waals surface area contributed by atoms with Crippen LogP contribution in [-0.2, 0) is 0 Å². The number of carbonyl (C=O) groups is 1. The zero-order valence-electron chi connectivity index (χ0n) is 17.1. The topological polar surface area (TPSA) is 48.1 Å². The van der Waals surface area contributed by atoms with Crippen molar-refractivity contribution >= 4 is 41.1 Å². The van der Waals surface area contributed by atoms with Crippen LogP contribution in [0.1, 0.15) is 40.2 Å². The van der Waals surface area contributed by atoms with Crippen LogP contribution in [0.2, 0.25) is 5.02 Å². The lowest BCUT2D eigenvalue weighted by Gasteiger charge is -2.32. The normalized spacial score (nSPS) is 14.5. The first-order chi connectivity index (χ1) is 14.9. The summed E-state index contributed by atoms with van der Waals surface area (Å²) >= 11 is 11.3. The number of benzene rings is 2. The lowest BCUT2D eigenvalue weighted by molar-refractivity contribution is 0.0713. The molecule has 7 heteroatoms. The smallest absolute Gasteiger partial charge is 0.257 e. The van der Waals surface area contributed by atoms with Crippen molar-refractivity contribution in [3.05, 3.63) is 86.9 Å². The molecule has 1 fully saturated rings. The van der Waals surface area contributed by atoms with Gasteiger partial charge in [-0.3, -0.25) is 4.79 Å². The highest BCUT2D eigenvalue weighted by Gasteiger charge is 2.26. The van der Waals surface area contributed by atoms with E-state index in [1.807, 2.05) is 42.2 Å². The third kappa shape index (κ3) is 4.97. The number of aryl methyl sites for hydroxylation is 1. The Hall–Kier alpha value is -2.70. The number of nitrogens with one attached hydrogen (secondary N) is 2. The molecule has 1 amide bonds. The molecule has 0 saturated carbocycles. The van der Waals surface area contributed by atoms with E-state index in [4.69, 9.17) is 23.8 Å². The Labute approximate surface area is 191 Å². The van der Waals surface area contributed by atoms with E-state index >= 15 is 0 Å². The van der Waals surface area contributed by atoms with Gasteiger partial charge in [-0.25, -0.2) is 4.39 Å². The fraction of sp³-hybridized carbons (Fsp3) is 0.250. The molecule has 0 aliphatic carbocycles. The maximum Gasteiger partial charge on any atom is 0.257 e. The maximum atomic E-state index is 13.3. The highest BCUT2D eigenvalue weighted by Crippen LogP contribution is 2.31. The second-order valence-corrected chi connectivity index (χ2v) is 8.70. The molecule has 4 nitrogen and oxygen atoms in total. The number of H-pyrrole nitrogens is 1. The number of carbonyl (C=O) groups excluding carboxylic acids is 1. The number of hydrogen-bond donors (Lipinski definition) is 2. The number of anilines is 2. The van der Waals surface area contributed by atoms with Gasteiger partial charge in [0.05, 0.1) is 11.3 Å². The van der Waals surface area contributed by atoms with Crippen molar-refractivity contribution in [3.8, 4) is 0 Å². The van der Waals surface area contributed by atoms with Crippen molar-refractivity contribution < 1.29 is 9.18 Å². The van der Waals surface area contributed by atoms with Crippen LogP contribution in [-0.4, -0.2) is 28.9 Å². The number of aromatic amines is 1. The van der Waals surface area contributed by atoms with Crippen LogP contribution in [0, 0.1) is 17.4 Å². The number of nitrogens with zero attached hydrogens (tertiary/aromatic N) is 1. The number of amides is 1. The Morgan fingerprint density at radius 2 is 1.84 bits per heavy atom. The molecule has 1 saturated heterocycles. The van der Waals surface area contributed by atoms with Gasteiger partial charge in [0.25, 0.3) is 5.91 Å². The fourth-order valence-electron chi connectivity index (χ4n) is 3.99. The summed E-state index contributed by atoms with van der Waals surface area (Å²) in [6.45, 7) is 3.26. The van der Waals surface area contributed by atoms with E-state index in [0.717, 1.165) is 29.7 Å². The van der Waals surface area contributed by atoms with Crippen molar-refractivity contribution in [1.29, 1.82) is 0 Å². The number of pyridine rings is 1. The predicted octanol–water partition coefficient (Wildman–Crippen LogP) is 6.61. The van der Waals surface area contributed by atoms with Crippen LogP contribution < -0.4 is 5.32 Å². The van der Waals surface area contributed by atoms with Crippen molar-refractivity contribution in [3.63, 3.8) is 0 Å². The van der Waals surface area contributed by atoms with Gasteiger partial charge in [0.15, 0.2) is 0 Å². The van der Waals surface area contributed by atoms with Crippen LogP contribution in [0.3, 0.4) is 0 Å². The van der Waals surface area contributed by atoms with Gasteiger partial charge in [0, 0.05) is 30.0 Å². The molecule has 0 unspecified atom stereocenters. The third-order valence-electron chi connectivity index (χ3n) is 5.74. The summed E-state index contributed by atoms with van der Waals surface area (Å²) in [5, 5.41) is 4.00. The Bertz CT molecular complexity index is 1150. The van der Waals surface area contributed by atoms with E-state index in [2.05, 4.69) is 10.3 Å². The summed E-state index contributed by atoms with van der Waals surface area (Å²) in [4.78, 5) is 18.2. The van der Waals surface area contributed by atoms with Crippen LogP contribution in [0.5, 0.6) is 0 Å². The molecule has 0 atom stereocenters. The van der Waals surface area contributed by atoms with E-state index in [9.17, 15) is 9.18 Å². The minimum Gasteiger partial charge on any atom is -0.355 e. The molecule has 1 aromatic heterocycles. The zero-order chi connectivity index (χ0) is 22.0. The van der Waals surface area contributed by atoms with Gasteiger partial charge in [-0.15, -0.1) is 0 Å². The van der Waals surface area contributed by atoms with Crippen molar-refractivity contribution in [1.82, 2.24) is 9.88 Å². The summed E-state index contributed by atoms with van der Waals surface area (Å²) in [7, 11) is 0. The first-order valence-corrected chi connectivity index (χ1v) is 11.0. The first kappa shape index (κ1) is 21.5. The van der Waals surface area contributed by atoms with Gasteiger partial charge in [-0.2, -0.15) is 0 Å². The van der Waals surface area contributed by atoms with Gasteiger partial charge in [-0.1, -0.05) is 36.0 Å². The van der Waals surface area contributed by atoms with Gasteiger partial charge in [0.1, 0.15) is 10.5 Å². The van der Waals surface area contributed by atoms with Crippen LogP contribution >= 0.6 is 23.8 Å². The molecule has 1 aliphatic rings. The molecule has 2 N–H and O–H groups in total. The second kappa shape index (κ2) is 9.20. The number of likely N-dealkylation sites (tertiary alicyclic amines) is 1. The largest absolute Gasteiger partial charge is 0.355 e. The van der Waals surface area contributed by atoms with E-state index in [0.29, 0.717) is 39.9 Å². The Balaban J connectivity index is 1.51. The molecule has 1 aliphatic heterocycles. The molecular formula is C24H23ClFN3OS. The molecule has 2 heterocycles. The van der Waals surface area contributed by atoms with E-state index in [-0.39, 0.29) is 11.7 Å². The highest BCUT2D eigenvalue weighted by atomic mass is 35.5. The van der Waals surface area contributed by atoms with Crippen molar-refractivity contribution in [2.24, 2.45) is 0 Å². The summed E-state index contributed by atoms with van der Waals surface area (Å²) in [6, 6.07) is 14.0. The van der Waals surface area contributed by atoms with Crippen molar-refractivity contribution in [2.45, 2.75) is 25.7 Å². The van der Waals surface area contributed by atoms with Crippen LogP contribution in [0.15, 0.2) is 54.7 Å². The van der Waals surface area contributed by atoms with E-state index in [1.165, 1.54) is 12.1 Å². The zero-order valence-corrected chi connectivity index (χ0v) is 18.7. The highest BCUT2D eigenvalue weighted by molar-refractivity contribution is 7.71. The predicted molar refractivity (Wildman–Crippen MR) is 125 cm³/mol. The van der Waals surface area contributed by atoms with Gasteiger partial charge in [0.2, 0.25) is 0 Å². The molecule has 0 radical (unpaired) electrons. The molecular weight excluding hydrogens is 433 g/mol. The standard InChI is InChI=1S/C24H23ClFN3OS/c1-15-12-18(25)4-7-21(15)28-22-13-23(31)27-14-20(22)24(30)29-10-8-17(9-11-29)16-2-5-19(26)6-3-16/h2-7,12-14,17H,8-11H2,1H3,(H2,27,28,31). The average Bonchev–Trinajstić information content (AvgIpc) is 2.76. The number of aromatic nitrogens is 1. The van der Waals surface area contributed by atoms with Gasteiger partial charge < -0.3 is 15.2 Å². The second-order valence-electron chi connectivity index (χ2n) is 7.83. The van der Waals surface area contributed by atoms with Crippen LogP contribution in [0.25, 0.3) is 0 Å². The van der Waals surface area contributed by atoms with Crippen LogP contribution in [0.4, 0.5) is 15.8 Å². The Morgan fingerprint density at radius 1 is 1.13 bits per heavy atom. The Kier molecular flexibility index (Phi) is 6.39. The summed E-state index contributed by atoms with van der Waals surface area (Å²) in [5.74, 6) is 0.0622. The lowest BCUT2D eigenvalue weighted by Crippen LogP contribution is -2.38. The van der Waals surface area contributed by atoms with Gasteiger partial charge in [-0.05, 0) is 73.2 Å². The quantitative estimate of drug-likeness (QED) is 0.435.